The molecule has 1 radical (unpaired) electrons. The van der Waals surface area contributed by atoms with Gasteiger partial charge in [-0.3, -0.25) is 0 Å². The van der Waals surface area contributed by atoms with Gasteiger partial charge in [0.05, 0.1) is 6.42 Å². The molecular weight excluding hydrogens is 167 g/mol. The highest BCUT2D eigenvalue weighted by Crippen LogP contribution is 2.22. The zero-order chi connectivity index (χ0) is 9.19. The lowest BCUT2D eigenvalue weighted by Crippen LogP contribution is -2.25. The zero-order valence-electron chi connectivity index (χ0n) is 6.90. The van der Waals surface area contributed by atoms with Crippen molar-refractivity contribution in [2.24, 2.45) is 5.92 Å². The fourth-order valence-electron chi connectivity index (χ4n) is 1.40. The minimum Gasteiger partial charge on any atom is -0.303 e. The summed E-state index contributed by atoms with van der Waals surface area (Å²) in [7, 11) is 0. The first kappa shape index (κ1) is 9.84. The van der Waals surface area contributed by atoms with Gasteiger partial charge in [0.25, 0.3) is 0 Å². The Morgan fingerprint density at radius 2 is 2.08 bits per heavy atom. The van der Waals surface area contributed by atoms with Crippen molar-refractivity contribution >= 4 is 0 Å². The Morgan fingerprint density at radius 1 is 1.42 bits per heavy atom. The van der Waals surface area contributed by atoms with Crippen molar-refractivity contribution in [3.05, 3.63) is 6.92 Å². The van der Waals surface area contributed by atoms with E-state index in [1.807, 2.05) is 4.90 Å². The topological polar surface area (TPSA) is 3.24 Å². The summed E-state index contributed by atoms with van der Waals surface area (Å²) in [6.07, 6.45) is -3.78. The summed E-state index contributed by atoms with van der Waals surface area (Å²) in [5.41, 5.74) is 0. The first-order valence-electron chi connectivity index (χ1n) is 4.09. The summed E-state index contributed by atoms with van der Waals surface area (Å²) in [5.74, 6) is 0.318. The molecule has 1 heterocycles. The van der Waals surface area contributed by atoms with Gasteiger partial charge >= 0.3 is 6.18 Å². The Hall–Kier alpha value is -0.250. The van der Waals surface area contributed by atoms with Gasteiger partial charge in [0.1, 0.15) is 0 Å². The fraction of sp³-hybridized carbons (Fsp3) is 0.875. The van der Waals surface area contributed by atoms with Gasteiger partial charge in [-0.1, -0.05) is 0 Å². The van der Waals surface area contributed by atoms with Crippen LogP contribution in [0.25, 0.3) is 0 Å². The van der Waals surface area contributed by atoms with Gasteiger partial charge < -0.3 is 4.90 Å². The second-order valence-corrected chi connectivity index (χ2v) is 3.32. The highest BCUT2D eigenvalue weighted by Gasteiger charge is 2.29. The van der Waals surface area contributed by atoms with Crippen LogP contribution < -0.4 is 0 Å². The quantitative estimate of drug-likeness (QED) is 0.629. The molecule has 0 aliphatic carbocycles. The Bertz CT molecular complexity index is 144. The third-order valence-corrected chi connectivity index (χ3v) is 2.08. The number of alkyl halides is 3. The van der Waals surface area contributed by atoms with E-state index in [1.165, 1.54) is 0 Å². The number of hydrogen-bond acceptors (Lipinski definition) is 1. The lowest BCUT2D eigenvalue weighted by atomic mass is 10.2. The summed E-state index contributed by atoms with van der Waals surface area (Å²) in [6, 6.07) is 0. The van der Waals surface area contributed by atoms with Crippen LogP contribution in [0.15, 0.2) is 0 Å². The second kappa shape index (κ2) is 3.64. The Balaban J connectivity index is 2.16. The summed E-state index contributed by atoms with van der Waals surface area (Å²) in [5, 5.41) is 0. The molecule has 71 valence electrons. The highest BCUT2D eigenvalue weighted by molar-refractivity contribution is 4.77. The third kappa shape index (κ3) is 3.43. The van der Waals surface area contributed by atoms with Crippen LogP contribution in [-0.2, 0) is 0 Å². The minimum absolute atomic E-state index is 0.134. The van der Waals surface area contributed by atoms with E-state index < -0.39 is 12.6 Å². The molecule has 1 aliphatic rings. The van der Waals surface area contributed by atoms with Crippen LogP contribution in [0.2, 0.25) is 0 Å². The molecule has 4 heteroatoms. The number of nitrogens with zero attached hydrogens (tertiary/aromatic N) is 1. The fourth-order valence-corrected chi connectivity index (χ4v) is 1.40. The molecule has 12 heavy (non-hydrogen) atoms. The third-order valence-electron chi connectivity index (χ3n) is 2.08. The van der Waals surface area contributed by atoms with Crippen molar-refractivity contribution in [1.29, 1.82) is 0 Å². The predicted octanol–water partition coefficient (Wildman–Crippen LogP) is 2.09. The zero-order valence-corrected chi connectivity index (χ0v) is 6.90. The second-order valence-electron chi connectivity index (χ2n) is 3.32. The molecule has 1 fully saturated rings. The van der Waals surface area contributed by atoms with E-state index >= 15 is 0 Å². The number of halogens is 3. The van der Waals surface area contributed by atoms with Crippen LogP contribution in [-0.4, -0.2) is 30.7 Å². The molecule has 0 aromatic carbocycles. The largest absolute Gasteiger partial charge is 0.390 e. The van der Waals surface area contributed by atoms with Gasteiger partial charge in [-0.25, -0.2) is 0 Å². The van der Waals surface area contributed by atoms with Gasteiger partial charge in [0.15, 0.2) is 0 Å². The normalized spacial score (nSPS) is 26.5. The van der Waals surface area contributed by atoms with Gasteiger partial charge in [-0.05, 0) is 25.8 Å². The minimum atomic E-state index is -4.01. The van der Waals surface area contributed by atoms with Crippen LogP contribution in [0, 0.1) is 12.8 Å². The van der Waals surface area contributed by atoms with Crippen LogP contribution in [0.5, 0.6) is 0 Å². The van der Waals surface area contributed by atoms with E-state index in [1.54, 1.807) is 0 Å². The standard InChI is InChI=1S/C8H13F3N/c1-7-2-4-12(6-7)5-3-8(9,10)11/h7H,1-6H2. The lowest BCUT2D eigenvalue weighted by molar-refractivity contribution is -0.137. The van der Waals surface area contributed by atoms with E-state index in [4.69, 9.17) is 0 Å². The van der Waals surface area contributed by atoms with Crippen LogP contribution in [0.4, 0.5) is 13.2 Å². The molecule has 0 spiro atoms. The van der Waals surface area contributed by atoms with Gasteiger partial charge in [0.2, 0.25) is 0 Å². The highest BCUT2D eigenvalue weighted by atomic mass is 19.4. The van der Waals surface area contributed by atoms with E-state index in [-0.39, 0.29) is 6.54 Å². The first-order valence-corrected chi connectivity index (χ1v) is 4.09. The van der Waals surface area contributed by atoms with Crippen molar-refractivity contribution in [3.63, 3.8) is 0 Å². The van der Waals surface area contributed by atoms with Crippen molar-refractivity contribution in [3.8, 4) is 0 Å². The number of hydrogen-bond donors (Lipinski definition) is 0. The molecule has 1 aliphatic heterocycles. The molecule has 1 atom stereocenters. The van der Waals surface area contributed by atoms with Gasteiger partial charge in [-0.2, -0.15) is 13.2 Å². The van der Waals surface area contributed by atoms with Crippen molar-refractivity contribution < 1.29 is 13.2 Å². The van der Waals surface area contributed by atoms with Crippen molar-refractivity contribution in [2.45, 2.75) is 19.0 Å². The molecule has 0 N–H and O–H groups in total. The number of likely N-dealkylation sites (tertiary alicyclic amines) is 1. The lowest BCUT2D eigenvalue weighted by Gasteiger charge is -2.15. The Kier molecular flexibility index (Phi) is 2.99. The molecule has 1 rings (SSSR count). The molecule has 1 saturated heterocycles. The molecule has 0 saturated carbocycles. The van der Waals surface area contributed by atoms with Gasteiger partial charge in [0, 0.05) is 13.1 Å². The maximum Gasteiger partial charge on any atom is 0.390 e. The Labute approximate surface area is 70.5 Å². The van der Waals surface area contributed by atoms with Crippen LogP contribution in [0.3, 0.4) is 0 Å². The molecule has 0 aromatic rings. The maximum absolute atomic E-state index is 11.8. The van der Waals surface area contributed by atoms with Crippen molar-refractivity contribution in [2.75, 3.05) is 19.6 Å². The molecular formula is C8H13F3N. The SMILES string of the molecule is [CH2]C1CCN(CCC(F)(F)F)C1. The molecule has 0 amide bonds. The predicted molar refractivity (Wildman–Crippen MR) is 40.6 cm³/mol. The summed E-state index contributed by atoms with van der Waals surface area (Å²) < 4.78 is 35.3. The van der Waals surface area contributed by atoms with E-state index in [9.17, 15) is 13.2 Å². The van der Waals surface area contributed by atoms with Gasteiger partial charge in [-0.15, -0.1) is 0 Å². The van der Waals surface area contributed by atoms with Crippen LogP contribution in [0.1, 0.15) is 12.8 Å². The van der Waals surface area contributed by atoms with E-state index in [2.05, 4.69) is 6.92 Å². The van der Waals surface area contributed by atoms with Crippen LogP contribution >= 0.6 is 0 Å². The van der Waals surface area contributed by atoms with E-state index in [0.29, 0.717) is 5.92 Å². The first-order chi connectivity index (χ1) is 5.47. The molecule has 0 bridgehead atoms. The smallest absolute Gasteiger partial charge is 0.303 e. The molecule has 1 unspecified atom stereocenters. The van der Waals surface area contributed by atoms with Crippen molar-refractivity contribution in [1.82, 2.24) is 4.90 Å². The maximum atomic E-state index is 11.8. The summed E-state index contributed by atoms with van der Waals surface area (Å²) in [4.78, 5) is 1.82. The monoisotopic (exact) mass is 180 g/mol. The Morgan fingerprint density at radius 3 is 2.50 bits per heavy atom. The summed E-state index contributed by atoms with van der Waals surface area (Å²) in [6.45, 7) is 5.43. The summed E-state index contributed by atoms with van der Waals surface area (Å²) >= 11 is 0. The average molecular weight is 180 g/mol. The average Bonchev–Trinajstić information content (AvgIpc) is 2.30. The van der Waals surface area contributed by atoms with E-state index in [0.717, 1.165) is 19.5 Å². The molecule has 1 nitrogen and oxygen atoms in total. The molecule has 0 aromatic heterocycles. The number of rotatable bonds is 2.